The number of hydrogen-bond acceptors (Lipinski definition) is 5. The van der Waals surface area contributed by atoms with E-state index in [1.807, 2.05) is 0 Å². The van der Waals surface area contributed by atoms with Crippen molar-refractivity contribution < 1.29 is 23.4 Å². The van der Waals surface area contributed by atoms with E-state index in [4.69, 9.17) is 16.7 Å². The Hall–Kier alpha value is -2.26. The fourth-order valence-electron chi connectivity index (χ4n) is 1.65. The van der Waals surface area contributed by atoms with Crippen LogP contribution >= 0.6 is 11.6 Å². The van der Waals surface area contributed by atoms with E-state index >= 15 is 0 Å². The van der Waals surface area contributed by atoms with Gasteiger partial charge in [-0.25, -0.2) is 4.79 Å². The molecule has 0 aliphatic rings. The first-order chi connectivity index (χ1) is 9.72. The van der Waals surface area contributed by atoms with E-state index in [9.17, 15) is 18.3 Å². The van der Waals surface area contributed by atoms with Gasteiger partial charge in [-0.15, -0.1) is 0 Å². The van der Waals surface area contributed by atoms with Gasteiger partial charge in [0.05, 0.1) is 22.5 Å². The summed E-state index contributed by atoms with van der Waals surface area (Å²) in [5.74, 6) is -1.76. The van der Waals surface area contributed by atoms with Crippen LogP contribution in [0.3, 0.4) is 0 Å². The minimum Gasteiger partial charge on any atom is -0.506 e. The van der Waals surface area contributed by atoms with E-state index in [0.717, 1.165) is 22.9 Å². The Balaban J connectivity index is 2.40. The second-order valence-electron chi connectivity index (χ2n) is 4.06. The van der Waals surface area contributed by atoms with Gasteiger partial charge in [-0.1, -0.05) is 11.6 Å². The van der Waals surface area contributed by atoms with Crippen molar-refractivity contribution in [1.82, 2.24) is 9.78 Å². The van der Waals surface area contributed by atoms with Crippen LogP contribution in [-0.4, -0.2) is 34.4 Å². The average Bonchev–Trinajstić information content (AvgIpc) is 2.71. The molecule has 0 saturated carbocycles. The predicted octanol–water partition coefficient (Wildman–Crippen LogP) is 1.28. The summed E-state index contributed by atoms with van der Waals surface area (Å²) in [6, 6.07) is 3.23. The largest absolute Gasteiger partial charge is 0.506 e. The van der Waals surface area contributed by atoms with Gasteiger partial charge in [0.15, 0.2) is 5.03 Å². The van der Waals surface area contributed by atoms with Crippen LogP contribution in [0, 0.1) is 0 Å². The number of hydrogen-bond donors (Lipinski definition) is 3. The van der Waals surface area contributed by atoms with Crippen molar-refractivity contribution in [3.05, 3.63) is 35.0 Å². The summed E-state index contributed by atoms with van der Waals surface area (Å²) in [5, 5.41) is 21.8. The van der Waals surface area contributed by atoms with Crippen LogP contribution in [0.25, 0.3) is 0 Å². The first kappa shape index (κ1) is 15.1. The number of benzene rings is 1. The fraction of sp³-hybridized carbons (Fsp3) is 0.0909. The molecule has 112 valence electrons. The molecule has 1 heterocycles. The highest BCUT2D eigenvalue weighted by atomic mass is 35.5. The van der Waals surface area contributed by atoms with Gasteiger partial charge in [-0.3, -0.25) is 9.40 Å². The number of carbonyl (C=O) groups is 1. The molecule has 2 aromatic rings. The van der Waals surface area contributed by atoms with Crippen LogP contribution in [0.1, 0.15) is 10.4 Å². The highest BCUT2D eigenvalue weighted by Crippen LogP contribution is 2.28. The van der Waals surface area contributed by atoms with Crippen LogP contribution in [0.2, 0.25) is 5.02 Å². The van der Waals surface area contributed by atoms with Gasteiger partial charge in [-0.2, -0.15) is 13.5 Å². The number of carboxylic acid groups (broad SMARTS) is 1. The average molecular weight is 332 g/mol. The smallest absolute Gasteiger partial charge is 0.335 e. The van der Waals surface area contributed by atoms with Gasteiger partial charge in [0.2, 0.25) is 0 Å². The molecule has 0 aliphatic heterocycles. The van der Waals surface area contributed by atoms with E-state index in [0.29, 0.717) is 0 Å². The summed E-state index contributed by atoms with van der Waals surface area (Å²) in [4.78, 5) is 10.7. The molecule has 8 nitrogen and oxygen atoms in total. The standard InChI is InChI=1S/C11H10ClN3O5S/c1-15-10(7(12)5-13-15)21(19,20)14-8-3-2-6(11(17)18)4-9(8)16/h2-5,14,16H,1H3,(H,17,18). The minimum atomic E-state index is -4.08. The van der Waals surface area contributed by atoms with Crippen LogP contribution in [0.15, 0.2) is 29.4 Å². The number of anilines is 1. The van der Waals surface area contributed by atoms with E-state index < -0.39 is 21.7 Å². The number of aryl methyl sites for hydroxylation is 1. The van der Waals surface area contributed by atoms with E-state index in [-0.39, 0.29) is 21.3 Å². The van der Waals surface area contributed by atoms with Crippen molar-refractivity contribution in [2.45, 2.75) is 5.03 Å². The van der Waals surface area contributed by atoms with Gasteiger partial charge in [-0.05, 0) is 18.2 Å². The molecule has 1 aromatic carbocycles. The molecule has 2 rings (SSSR count). The minimum absolute atomic E-state index is 0.0772. The quantitative estimate of drug-likeness (QED) is 0.725. The summed E-state index contributed by atoms with van der Waals surface area (Å²) in [7, 11) is -2.68. The van der Waals surface area contributed by atoms with Crippen molar-refractivity contribution >= 4 is 33.3 Å². The molecule has 0 amide bonds. The maximum atomic E-state index is 12.2. The number of nitrogens with one attached hydrogen (secondary N) is 1. The lowest BCUT2D eigenvalue weighted by Gasteiger charge is -2.10. The molecule has 0 fully saturated rings. The van der Waals surface area contributed by atoms with Gasteiger partial charge < -0.3 is 10.2 Å². The van der Waals surface area contributed by atoms with Crippen molar-refractivity contribution in [2.75, 3.05) is 4.72 Å². The van der Waals surface area contributed by atoms with Crippen LogP contribution in [0.5, 0.6) is 5.75 Å². The second kappa shape index (κ2) is 5.26. The molecule has 10 heteroatoms. The number of aromatic hydroxyl groups is 1. The molecule has 0 saturated heterocycles. The Morgan fingerprint density at radius 1 is 1.43 bits per heavy atom. The Kier molecular flexibility index (Phi) is 3.79. The number of aromatic carboxylic acids is 1. The highest BCUT2D eigenvalue weighted by Gasteiger charge is 2.24. The summed E-state index contributed by atoms with van der Waals surface area (Å²) >= 11 is 5.76. The zero-order valence-corrected chi connectivity index (χ0v) is 12.2. The molecular formula is C11H10ClN3O5S. The Labute approximate surface area is 124 Å². The van der Waals surface area contributed by atoms with Gasteiger partial charge >= 0.3 is 5.97 Å². The van der Waals surface area contributed by atoms with Crippen LogP contribution < -0.4 is 4.72 Å². The number of rotatable bonds is 4. The van der Waals surface area contributed by atoms with E-state index in [1.165, 1.54) is 13.2 Å². The lowest BCUT2D eigenvalue weighted by molar-refractivity contribution is 0.0696. The zero-order valence-electron chi connectivity index (χ0n) is 10.6. The zero-order chi connectivity index (χ0) is 15.8. The third-order valence-electron chi connectivity index (χ3n) is 2.59. The molecule has 0 bridgehead atoms. The molecule has 21 heavy (non-hydrogen) atoms. The van der Waals surface area contributed by atoms with Crippen LogP contribution in [0.4, 0.5) is 5.69 Å². The summed E-state index contributed by atoms with van der Waals surface area (Å²) in [5.41, 5.74) is -0.341. The van der Waals surface area contributed by atoms with Crippen LogP contribution in [-0.2, 0) is 17.1 Å². The summed E-state index contributed by atoms with van der Waals surface area (Å²) < 4.78 is 27.6. The second-order valence-corrected chi connectivity index (χ2v) is 6.07. The lowest BCUT2D eigenvalue weighted by atomic mass is 10.2. The van der Waals surface area contributed by atoms with E-state index in [1.54, 1.807) is 0 Å². The van der Waals surface area contributed by atoms with Crippen molar-refractivity contribution in [1.29, 1.82) is 0 Å². The number of sulfonamides is 1. The SMILES string of the molecule is Cn1ncc(Cl)c1S(=O)(=O)Nc1ccc(C(=O)O)cc1O. The third kappa shape index (κ3) is 2.93. The van der Waals surface area contributed by atoms with Crippen molar-refractivity contribution in [3.8, 4) is 5.75 Å². The third-order valence-corrected chi connectivity index (χ3v) is 4.46. The Bertz CT molecular complexity index is 796. The van der Waals surface area contributed by atoms with Gasteiger partial charge in [0.1, 0.15) is 5.75 Å². The monoisotopic (exact) mass is 331 g/mol. The molecule has 3 N–H and O–H groups in total. The number of phenols is 1. The van der Waals surface area contributed by atoms with Gasteiger partial charge in [0.25, 0.3) is 10.0 Å². The number of aromatic nitrogens is 2. The maximum Gasteiger partial charge on any atom is 0.335 e. The number of carboxylic acids is 1. The first-order valence-electron chi connectivity index (χ1n) is 5.49. The first-order valence-corrected chi connectivity index (χ1v) is 7.35. The molecule has 0 aliphatic carbocycles. The normalized spacial score (nSPS) is 11.3. The number of halogens is 1. The number of phenolic OH excluding ortho intramolecular Hbond substituents is 1. The molecule has 0 spiro atoms. The van der Waals surface area contributed by atoms with E-state index in [2.05, 4.69) is 9.82 Å². The maximum absolute atomic E-state index is 12.2. The molecule has 0 radical (unpaired) electrons. The predicted molar refractivity (Wildman–Crippen MR) is 74.1 cm³/mol. The fourth-order valence-corrected chi connectivity index (χ4v) is 3.38. The molecule has 0 unspecified atom stereocenters. The highest BCUT2D eigenvalue weighted by molar-refractivity contribution is 7.92. The topological polar surface area (TPSA) is 122 Å². The van der Waals surface area contributed by atoms with Crippen molar-refractivity contribution in [3.63, 3.8) is 0 Å². The Morgan fingerprint density at radius 3 is 2.57 bits per heavy atom. The molecular weight excluding hydrogens is 322 g/mol. The van der Waals surface area contributed by atoms with Crippen molar-refractivity contribution in [2.24, 2.45) is 7.05 Å². The molecule has 0 atom stereocenters. The number of nitrogens with zero attached hydrogens (tertiary/aromatic N) is 2. The molecule has 1 aromatic heterocycles. The Morgan fingerprint density at radius 2 is 2.10 bits per heavy atom. The lowest BCUT2D eigenvalue weighted by Crippen LogP contribution is -2.17. The summed E-state index contributed by atoms with van der Waals surface area (Å²) in [6.07, 6.45) is 1.17. The summed E-state index contributed by atoms with van der Waals surface area (Å²) in [6.45, 7) is 0. The van der Waals surface area contributed by atoms with Gasteiger partial charge in [0, 0.05) is 7.05 Å².